The lowest BCUT2D eigenvalue weighted by Crippen LogP contribution is -2.44. The van der Waals surface area contributed by atoms with E-state index in [0.29, 0.717) is 13.1 Å². The fourth-order valence-electron chi connectivity index (χ4n) is 2.05. The highest BCUT2D eigenvalue weighted by atomic mass is 32.2. The maximum absolute atomic E-state index is 12.0. The number of primary amides is 1. The zero-order valence-electron chi connectivity index (χ0n) is 11.0. The van der Waals surface area contributed by atoms with Gasteiger partial charge in [-0.25, -0.2) is 0 Å². The summed E-state index contributed by atoms with van der Waals surface area (Å²) in [5.41, 5.74) is 5.26. The Morgan fingerprint density at radius 1 is 1.47 bits per heavy atom. The summed E-state index contributed by atoms with van der Waals surface area (Å²) < 4.78 is 0. The zero-order valence-corrected chi connectivity index (χ0v) is 11.8. The molecular formula is C12H20N2O4S. The second-order valence-electron chi connectivity index (χ2n) is 4.80. The van der Waals surface area contributed by atoms with E-state index in [4.69, 9.17) is 10.8 Å². The maximum Gasteiger partial charge on any atom is 0.304 e. The molecule has 19 heavy (non-hydrogen) atoms. The monoisotopic (exact) mass is 288 g/mol. The third-order valence-corrected chi connectivity index (χ3v) is 4.28. The molecule has 0 spiro atoms. The normalized spacial score (nSPS) is 20.9. The van der Waals surface area contributed by atoms with Gasteiger partial charge in [0, 0.05) is 18.3 Å². The molecule has 108 valence electrons. The van der Waals surface area contributed by atoms with Crippen molar-refractivity contribution in [2.24, 2.45) is 11.7 Å². The van der Waals surface area contributed by atoms with Crippen LogP contribution in [0.5, 0.6) is 0 Å². The number of hydrogen-bond acceptors (Lipinski definition) is 4. The van der Waals surface area contributed by atoms with Crippen molar-refractivity contribution in [3.8, 4) is 0 Å². The van der Waals surface area contributed by atoms with E-state index in [1.165, 1.54) is 11.8 Å². The van der Waals surface area contributed by atoms with Crippen LogP contribution in [0.4, 0.5) is 0 Å². The van der Waals surface area contributed by atoms with Crippen LogP contribution in [0.25, 0.3) is 0 Å². The summed E-state index contributed by atoms with van der Waals surface area (Å²) in [6.45, 7) is 2.83. The lowest BCUT2D eigenvalue weighted by atomic mass is 9.97. The number of carbonyl (C=O) groups is 3. The van der Waals surface area contributed by atoms with Crippen molar-refractivity contribution in [2.75, 3.05) is 18.8 Å². The van der Waals surface area contributed by atoms with E-state index >= 15 is 0 Å². The Morgan fingerprint density at radius 3 is 2.74 bits per heavy atom. The fraction of sp³-hybridized carbons (Fsp3) is 0.750. The first-order chi connectivity index (χ1) is 8.90. The lowest BCUT2D eigenvalue weighted by molar-refractivity contribution is -0.137. The van der Waals surface area contributed by atoms with Gasteiger partial charge in [-0.1, -0.05) is 6.92 Å². The summed E-state index contributed by atoms with van der Waals surface area (Å²) in [7, 11) is 0. The standard InChI is InChI=1S/C12H20N2O4S/c1-8(5-11(16)17)19-7-10(15)14-4-2-3-9(6-14)12(13)18/h8-9H,2-7H2,1H3,(H2,13,18)(H,16,17). The van der Waals surface area contributed by atoms with E-state index < -0.39 is 5.97 Å². The molecule has 7 heteroatoms. The highest BCUT2D eigenvalue weighted by Gasteiger charge is 2.27. The summed E-state index contributed by atoms with van der Waals surface area (Å²) in [4.78, 5) is 35.3. The van der Waals surface area contributed by atoms with Crippen LogP contribution in [0, 0.1) is 5.92 Å². The molecule has 0 bridgehead atoms. The predicted molar refractivity (Wildman–Crippen MR) is 72.7 cm³/mol. The van der Waals surface area contributed by atoms with Gasteiger partial charge >= 0.3 is 5.97 Å². The van der Waals surface area contributed by atoms with Gasteiger partial charge in [0.1, 0.15) is 0 Å². The van der Waals surface area contributed by atoms with Gasteiger partial charge in [0.15, 0.2) is 0 Å². The van der Waals surface area contributed by atoms with Gasteiger partial charge in [0.2, 0.25) is 11.8 Å². The molecule has 1 fully saturated rings. The molecule has 0 saturated carbocycles. The SMILES string of the molecule is CC(CC(=O)O)SCC(=O)N1CCCC(C(N)=O)C1. The van der Waals surface area contributed by atoms with Crippen molar-refractivity contribution in [3.63, 3.8) is 0 Å². The Labute approximate surface area is 116 Å². The second-order valence-corrected chi connectivity index (χ2v) is 6.23. The van der Waals surface area contributed by atoms with Crippen LogP contribution in [-0.4, -0.2) is 51.9 Å². The molecular weight excluding hydrogens is 268 g/mol. The number of carboxylic acids is 1. The van der Waals surface area contributed by atoms with E-state index in [0.717, 1.165) is 12.8 Å². The van der Waals surface area contributed by atoms with Crippen molar-refractivity contribution in [1.82, 2.24) is 4.90 Å². The maximum atomic E-state index is 12.0. The molecule has 0 radical (unpaired) electrons. The number of rotatable bonds is 6. The van der Waals surface area contributed by atoms with Crippen LogP contribution >= 0.6 is 11.8 Å². The van der Waals surface area contributed by atoms with Crippen molar-refractivity contribution in [1.29, 1.82) is 0 Å². The first kappa shape index (κ1) is 15.8. The topological polar surface area (TPSA) is 101 Å². The number of piperidine rings is 1. The lowest BCUT2D eigenvalue weighted by Gasteiger charge is -2.31. The molecule has 1 saturated heterocycles. The van der Waals surface area contributed by atoms with E-state index in [1.807, 2.05) is 0 Å². The zero-order chi connectivity index (χ0) is 14.4. The molecule has 1 aliphatic heterocycles. The molecule has 6 nitrogen and oxygen atoms in total. The Morgan fingerprint density at radius 2 is 2.16 bits per heavy atom. The smallest absolute Gasteiger partial charge is 0.304 e. The molecule has 0 aromatic carbocycles. The van der Waals surface area contributed by atoms with Crippen LogP contribution in [0.15, 0.2) is 0 Å². The molecule has 1 rings (SSSR count). The number of aliphatic carboxylic acids is 1. The molecule has 1 heterocycles. The summed E-state index contributed by atoms with van der Waals surface area (Å²) in [6, 6.07) is 0. The quantitative estimate of drug-likeness (QED) is 0.732. The average Bonchev–Trinajstić information content (AvgIpc) is 2.35. The van der Waals surface area contributed by atoms with E-state index in [2.05, 4.69) is 0 Å². The molecule has 1 aliphatic rings. The minimum Gasteiger partial charge on any atom is -0.481 e. The first-order valence-corrected chi connectivity index (χ1v) is 7.35. The molecule has 2 atom stereocenters. The number of amides is 2. The van der Waals surface area contributed by atoms with Crippen LogP contribution in [0.2, 0.25) is 0 Å². The number of nitrogens with zero attached hydrogens (tertiary/aromatic N) is 1. The third-order valence-electron chi connectivity index (χ3n) is 3.13. The number of carboxylic acid groups (broad SMARTS) is 1. The van der Waals surface area contributed by atoms with Crippen molar-refractivity contribution >= 4 is 29.5 Å². The largest absolute Gasteiger partial charge is 0.481 e. The second kappa shape index (κ2) is 7.37. The Hall–Kier alpha value is -1.24. The number of carbonyl (C=O) groups excluding carboxylic acids is 2. The number of thioether (sulfide) groups is 1. The number of nitrogens with two attached hydrogens (primary N) is 1. The number of likely N-dealkylation sites (tertiary alicyclic amines) is 1. The Bertz CT molecular complexity index is 362. The van der Waals surface area contributed by atoms with Crippen LogP contribution in [0.3, 0.4) is 0 Å². The van der Waals surface area contributed by atoms with E-state index in [-0.39, 0.29) is 35.2 Å². The van der Waals surface area contributed by atoms with Gasteiger partial charge in [-0.3, -0.25) is 14.4 Å². The molecule has 3 N–H and O–H groups in total. The average molecular weight is 288 g/mol. The summed E-state index contributed by atoms with van der Waals surface area (Å²) >= 11 is 1.33. The highest BCUT2D eigenvalue weighted by molar-refractivity contribution is 8.00. The molecule has 0 aromatic rings. The van der Waals surface area contributed by atoms with Gasteiger partial charge in [0.25, 0.3) is 0 Å². The van der Waals surface area contributed by atoms with Gasteiger partial charge in [0.05, 0.1) is 18.1 Å². The number of hydrogen-bond donors (Lipinski definition) is 2. The Kier molecular flexibility index (Phi) is 6.14. The van der Waals surface area contributed by atoms with E-state index in [1.54, 1.807) is 11.8 Å². The van der Waals surface area contributed by atoms with Crippen molar-refractivity contribution < 1.29 is 19.5 Å². The summed E-state index contributed by atoms with van der Waals surface area (Å²) in [6.07, 6.45) is 1.57. The van der Waals surface area contributed by atoms with Gasteiger partial charge in [-0.15, -0.1) is 11.8 Å². The van der Waals surface area contributed by atoms with Gasteiger partial charge in [-0.2, -0.15) is 0 Å². The van der Waals surface area contributed by atoms with Gasteiger partial charge in [-0.05, 0) is 12.8 Å². The third kappa shape index (κ3) is 5.50. The Balaban J connectivity index is 2.36. The fourth-order valence-corrected chi connectivity index (χ4v) is 2.92. The molecule has 0 aromatic heterocycles. The van der Waals surface area contributed by atoms with E-state index in [9.17, 15) is 14.4 Å². The van der Waals surface area contributed by atoms with Crippen LogP contribution < -0.4 is 5.73 Å². The predicted octanol–water partition coefficient (Wildman–Crippen LogP) is 0.307. The molecule has 2 unspecified atom stereocenters. The van der Waals surface area contributed by atoms with Crippen LogP contribution in [0.1, 0.15) is 26.2 Å². The van der Waals surface area contributed by atoms with Gasteiger partial charge < -0.3 is 15.7 Å². The molecule has 2 amide bonds. The van der Waals surface area contributed by atoms with Crippen LogP contribution in [-0.2, 0) is 14.4 Å². The summed E-state index contributed by atoms with van der Waals surface area (Å²) in [5.74, 6) is -1.27. The minimum atomic E-state index is -0.862. The minimum absolute atomic E-state index is 0.0435. The summed E-state index contributed by atoms with van der Waals surface area (Å²) in [5, 5.41) is 8.53. The first-order valence-electron chi connectivity index (χ1n) is 6.30. The van der Waals surface area contributed by atoms with Crippen molar-refractivity contribution in [3.05, 3.63) is 0 Å². The van der Waals surface area contributed by atoms with Crippen molar-refractivity contribution in [2.45, 2.75) is 31.4 Å². The molecule has 0 aliphatic carbocycles. The highest BCUT2D eigenvalue weighted by Crippen LogP contribution is 2.19.